The molecule has 3 heteroatoms. The highest BCUT2D eigenvalue weighted by atomic mass is 16.5. The van der Waals surface area contributed by atoms with Gasteiger partial charge >= 0.3 is 0 Å². The van der Waals surface area contributed by atoms with Gasteiger partial charge in [-0.25, -0.2) is 0 Å². The van der Waals surface area contributed by atoms with Gasteiger partial charge in [0.05, 0.1) is 12.2 Å². The summed E-state index contributed by atoms with van der Waals surface area (Å²) in [7, 11) is 1.71. The van der Waals surface area contributed by atoms with Crippen LogP contribution in [-0.2, 0) is 4.74 Å². The highest BCUT2D eigenvalue weighted by molar-refractivity contribution is 5.06. The first-order valence-corrected chi connectivity index (χ1v) is 10.3. The largest absolute Gasteiger partial charge is 0.396 e. The van der Waals surface area contributed by atoms with Crippen molar-refractivity contribution in [1.82, 2.24) is 0 Å². The van der Waals surface area contributed by atoms with Crippen molar-refractivity contribution in [3.8, 4) is 0 Å². The maximum Gasteiger partial charge on any atom is 0.0882 e. The molecule has 0 aromatic carbocycles. The van der Waals surface area contributed by atoms with Crippen LogP contribution in [-0.4, -0.2) is 36.1 Å². The summed E-state index contributed by atoms with van der Waals surface area (Å²) in [6, 6.07) is 0. The van der Waals surface area contributed by atoms with Gasteiger partial charge in [-0.15, -0.1) is 0 Å². The van der Waals surface area contributed by atoms with Gasteiger partial charge in [0.1, 0.15) is 0 Å². The van der Waals surface area contributed by atoms with Gasteiger partial charge in [0.15, 0.2) is 0 Å². The van der Waals surface area contributed by atoms with E-state index >= 15 is 0 Å². The first-order valence-electron chi connectivity index (χ1n) is 10.3. The topological polar surface area (TPSA) is 49.7 Å². The SMILES string of the molecule is COC[C@@]1(O)CC[C@H]2[C@H](CC[C@@H]3[C@@H]2CC[C@]2(C)[C@@H](CO)CC[C@@H]32)C1. The van der Waals surface area contributed by atoms with Crippen LogP contribution in [0.1, 0.15) is 64.7 Å². The van der Waals surface area contributed by atoms with E-state index in [0.29, 0.717) is 30.5 Å². The van der Waals surface area contributed by atoms with Crippen LogP contribution >= 0.6 is 0 Å². The molecule has 4 saturated carbocycles. The molecule has 24 heavy (non-hydrogen) atoms. The lowest BCUT2D eigenvalue weighted by Crippen LogP contribution is -2.52. The van der Waals surface area contributed by atoms with Crippen LogP contribution in [0.5, 0.6) is 0 Å². The van der Waals surface area contributed by atoms with E-state index in [1.165, 1.54) is 44.9 Å². The van der Waals surface area contributed by atoms with Crippen LogP contribution in [0.4, 0.5) is 0 Å². The molecule has 0 unspecified atom stereocenters. The van der Waals surface area contributed by atoms with E-state index in [9.17, 15) is 10.2 Å². The number of ether oxygens (including phenoxy) is 1. The van der Waals surface area contributed by atoms with Crippen LogP contribution in [0.3, 0.4) is 0 Å². The highest BCUT2D eigenvalue weighted by Crippen LogP contribution is 2.64. The van der Waals surface area contributed by atoms with Crippen LogP contribution in [0.25, 0.3) is 0 Å². The van der Waals surface area contributed by atoms with Crippen molar-refractivity contribution >= 4 is 0 Å². The Morgan fingerprint density at radius 1 is 0.958 bits per heavy atom. The summed E-state index contributed by atoms with van der Waals surface area (Å²) in [6.45, 7) is 3.37. The van der Waals surface area contributed by atoms with E-state index in [2.05, 4.69) is 6.92 Å². The number of hydrogen-bond donors (Lipinski definition) is 2. The lowest BCUT2D eigenvalue weighted by molar-refractivity contribution is -0.125. The minimum absolute atomic E-state index is 0.389. The normalized spacial score (nSPS) is 54.0. The van der Waals surface area contributed by atoms with E-state index in [1.807, 2.05) is 0 Å². The summed E-state index contributed by atoms with van der Waals surface area (Å²) in [4.78, 5) is 0. The number of methoxy groups -OCH3 is 1. The predicted octanol–water partition coefficient (Wildman–Crippen LogP) is 3.63. The smallest absolute Gasteiger partial charge is 0.0882 e. The van der Waals surface area contributed by atoms with Gasteiger partial charge in [-0.3, -0.25) is 0 Å². The Morgan fingerprint density at radius 2 is 1.75 bits per heavy atom. The van der Waals surface area contributed by atoms with Crippen molar-refractivity contribution < 1.29 is 14.9 Å². The van der Waals surface area contributed by atoms with Crippen LogP contribution in [0.15, 0.2) is 0 Å². The Bertz CT molecular complexity index is 466. The molecule has 0 saturated heterocycles. The fourth-order valence-electron chi connectivity index (χ4n) is 7.77. The van der Waals surface area contributed by atoms with Crippen LogP contribution < -0.4 is 0 Å². The van der Waals surface area contributed by atoms with Crippen molar-refractivity contribution in [2.75, 3.05) is 20.3 Å². The lowest BCUT2D eigenvalue weighted by atomic mass is 9.49. The summed E-state index contributed by atoms with van der Waals surface area (Å²) in [6.07, 6.45) is 11.0. The molecule has 0 aliphatic heterocycles. The first kappa shape index (κ1) is 17.3. The summed E-state index contributed by atoms with van der Waals surface area (Å²) in [5.74, 6) is 4.69. The second-order valence-electron chi connectivity index (χ2n) is 9.84. The molecule has 2 N–H and O–H groups in total. The second-order valence-corrected chi connectivity index (χ2v) is 9.84. The number of rotatable bonds is 3. The molecule has 4 aliphatic carbocycles. The van der Waals surface area contributed by atoms with E-state index in [1.54, 1.807) is 7.11 Å². The Labute approximate surface area is 147 Å². The fraction of sp³-hybridized carbons (Fsp3) is 1.00. The zero-order valence-corrected chi connectivity index (χ0v) is 15.5. The maximum atomic E-state index is 10.8. The highest BCUT2D eigenvalue weighted by Gasteiger charge is 2.57. The molecule has 0 bridgehead atoms. The van der Waals surface area contributed by atoms with Gasteiger partial charge in [-0.2, -0.15) is 0 Å². The molecule has 4 fully saturated rings. The second kappa shape index (κ2) is 6.25. The minimum atomic E-state index is -0.568. The summed E-state index contributed by atoms with van der Waals surface area (Å²) >= 11 is 0. The standard InChI is InChI=1S/C21H36O3/c1-20-9-7-17-16-8-10-21(23,13-24-2)11-14(16)3-5-18(17)19(20)6-4-15(20)12-22/h14-19,22-23H,3-13H2,1-2H3/t14-,15-,16+,17-,18-,19+,20-,21-/m1/s1. The number of fused-ring (bicyclic) bond motifs is 5. The molecule has 8 atom stereocenters. The Balaban J connectivity index is 1.50. The third-order valence-corrected chi connectivity index (χ3v) is 8.93. The monoisotopic (exact) mass is 336 g/mol. The van der Waals surface area contributed by atoms with Gasteiger partial charge in [0, 0.05) is 13.7 Å². The van der Waals surface area contributed by atoms with Crippen molar-refractivity contribution in [1.29, 1.82) is 0 Å². The van der Waals surface area contributed by atoms with Crippen molar-refractivity contribution in [3.05, 3.63) is 0 Å². The number of aliphatic hydroxyl groups excluding tert-OH is 1. The first-order chi connectivity index (χ1) is 11.5. The van der Waals surface area contributed by atoms with E-state index in [-0.39, 0.29) is 0 Å². The molecular formula is C21H36O3. The quantitative estimate of drug-likeness (QED) is 0.827. The van der Waals surface area contributed by atoms with Gasteiger partial charge < -0.3 is 14.9 Å². The van der Waals surface area contributed by atoms with E-state index < -0.39 is 5.60 Å². The Morgan fingerprint density at radius 3 is 2.50 bits per heavy atom. The molecule has 0 aromatic rings. The molecule has 0 amide bonds. The molecule has 0 aromatic heterocycles. The molecule has 4 rings (SSSR count). The van der Waals surface area contributed by atoms with Gasteiger partial charge in [-0.05, 0) is 98.7 Å². The average Bonchev–Trinajstić information content (AvgIpc) is 2.90. The summed E-state index contributed by atoms with van der Waals surface area (Å²) in [5, 5.41) is 20.6. The van der Waals surface area contributed by atoms with Gasteiger partial charge in [0.2, 0.25) is 0 Å². The lowest BCUT2D eigenvalue weighted by Gasteiger charge is -2.57. The van der Waals surface area contributed by atoms with Crippen LogP contribution in [0.2, 0.25) is 0 Å². The summed E-state index contributed by atoms with van der Waals surface area (Å²) < 4.78 is 5.29. The minimum Gasteiger partial charge on any atom is -0.396 e. The Hall–Kier alpha value is -0.120. The third kappa shape index (κ3) is 2.57. The number of hydrogen-bond acceptors (Lipinski definition) is 3. The van der Waals surface area contributed by atoms with Gasteiger partial charge in [0.25, 0.3) is 0 Å². The van der Waals surface area contributed by atoms with Crippen molar-refractivity contribution in [2.24, 2.45) is 40.9 Å². The molecule has 0 spiro atoms. The molecule has 4 aliphatic rings. The van der Waals surface area contributed by atoms with Crippen molar-refractivity contribution in [2.45, 2.75) is 70.3 Å². The molecule has 3 nitrogen and oxygen atoms in total. The van der Waals surface area contributed by atoms with E-state index in [4.69, 9.17) is 4.74 Å². The molecular weight excluding hydrogens is 300 g/mol. The third-order valence-electron chi connectivity index (χ3n) is 8.93. The van der Waals surface area contributed by atoms with E-state index in [0.717, 1.165) is 36.5 Å². The molecule has 0 radical (unpaired) electrons. The zero-order valence-electron chi connectivity index (χ0n) is 15.5. The molecule has 138 valence electrons. The zero-order chi connectivity index (χ0) is 16.9. The average molecular weight is 337 g/mol. The van der Waals surface area contributed by atoms with Crippen molar-refractivity contribution in [3.63, 3.8) is 0 Å². The number of aliphatic hydroxyl groups is 2. The van der Waals surface area contributed by atoms with Gasteiger partial charge in [-0.1, -0.05) is 6.92 Å². The van der Waals surface area contributed by atoms with Crippen LogP contribution in [0, 0.1) is 40.9 Å². The predicted molar refractivity (Wildman–Crippen MR) is 94.5 cm³/mol. The fourth-order valence-corrected chi connectivity index (χ4v) is 7.77. The Kier molecular flexibility index (Phi) is 4.50. The maximum absolute atomic E-state index is 10.8. The molecule has 0 heterocycles. The summed E-state index contributed by atoms with van der Waals surface area (Å²) in [5.41, 5.74) is -0.171.